The molecule has 4 aliphatic rings. The van der Waals surface area contributed by atoms with E-state index in [9.17, 15) is 5.26 Å². The number of likely N-dealkylation sites (N-methyl/N-ethyl adjacent to an activating group) is 1. The first kappa shape index (κ1) is 31.6. The molecule has 2 atom stereocenters. The normalized spacial score (nSPS) is 22.6. The molecule has 0 unspecified atom stereocenters. The molecular weight excluding hydrogens is 593 g/mol. The average Bonchev–Trinajstić information content (AvgIpc) is 3.84. The largest absolute Gasteiger partial charge is 0.463 e. The van der Waals surface area contributed by atoms with Crippen LogP contribution in [0, 0.1) is 22.6 Å². The number of nitriles is 1. The van der Waals surface area contributed by atoms with Crippen molar-refractivity contribution in [1.82, 2.24) is 24.8 Å². The number of aromatic nitrogens is 3. The molecule has 2 aromatic heterocycles. The molecule has 1 saturated heterocycles. The van der Waals surface area contributed by atoms with Gasteiger partial charge in [-0.15, -0.1) is 0 Å². The van der Waals surface area contributed by atoms with Crippen molar-refractivity contribution >= 4 is 17.3 Å². The maximum Gasteiger partial charge on any atom is 0.318 e. The maximum atomic E-state index is 15.4. The topological polar surface area (TPSA) is 133 Å². The van der Waals surface area contributed by atoms with E-state index in [-0.39, 0.29) is 23.0 Å². The first-order valence-corrected chi connectivity index (χ1v) is 17.1. The zero-order valence-corrected chi connectivity index (χ0v) is 27.9. The summed E-state index contributed by atoms with van der Waals surface area (Å²) in [6.45, 7) is 6.56. The van der Waals surface area contributed by atoms with Crippen LogP contribution in [-0.4, -0.2) is 65.1 Å². The molecule has 4 N–H and O–H groups in total. The third-order valence-corrected chi connectivity index (χ3v) is 11.4. The van der Waals surface area contributed by atoms with Crippen molar-refractivity contribution in [3.8, 4) is 12.1 Å². The van der Waals surface area contributed by atoms with E-state index < -0.39 is 5.54 Å². The van der Waals surface area contributed by atoms with Gasteiger partial charge in [0.2, 0.25) is 0 Å². The standard InChI is InChI=1S/C36H46FN9O/c1-23(24-10-8-14-41-32(24)40)45(3)33-27-20-44(2)36(11-7-9-25-28(37)17-29(39)26(19-38)31(25)36)18-30(27)42-34(43-33)47-22-35(12-13-35)21-46-15-5-4-6-16-46/h8,10,14,17,23H,4-7,9,11-13,15-16,18,20-22,39H2,1-3H3,(H2,40,41)/t23-,36-/m1/s1. The van der Waals surface area contributed by atoms with Crippen LogP contribution in [0.1, 0.15) is 91.4 Å². The SMILES string of the molecule is C[C@H](c1cccnc1N)N(C)c1nc(OCC2(CN3CCCCC3)CC2)nc2c1CN(C)[C@]1(CCCc3c(F)cc(N)c(C#N)c31)C2. The molecule has 7 rings (SSSR count). The van der Waals surface area contributed by atoms with Crippen LogP contribution >= 0.6 is 0 Å². The van der Waals surface area contributed by atoms with Gasteiger partial charge in [0.05, 0.1) is 35.1 Å². The van der Waals surface area contributed by atoms with Crippen molar-refractivity contribution in [2.45, 2.75) is 82.8 Å². The number of rotatable bonds is 8. The lowest BCUT2D eigenvalue weighted by Gasteiger charge is -2.50. The molecule has 1 spiro atoms. The summed E-state index contributed by atoms with van der Waals surface area (Å²) in [6.07, 6.45) is 10.5. The molecule has 2 aliphatic carbocycles. The van der Waals surface area contributed by atoms with E-state index >= 15 is 4.39 Å². The highest BCUT2D eigenvalue weighted by atomic mass is 19.1. The Balaban J connectivity index is 1.28. The lowest BCUT2D eigenvalue weighted by atomic mass is 9.68. The molecule has 0 radical (unpaired) electrons. The Morgan fingerprint density at radius 3 is 2.64 bits per heavy atom. The summed E-state index contributed by atoms with van der Waals surface area (Å²) in [7, 11) is 4.07. The van der Waals surface area contributed by atoms with Crippen molar-refractivity contribution in [3.05, 3.63) is 63.7 Å². The second-order valence-corrected chi connectivity index (χ2v) is 14.4. The Kier molecular flexibility index (Phi) is 8.21. The minimum absolute atomic E-state index is 0.125. The summed E-state index contributed by atoms with van der Waals surface area (Å²) < 4.78 is 22.0. The van der Waals surface area contributed by atoms with E-state index in [0.29, 0.717) is 54.5 Å². The Bertz CT molecular complexity index is 1710. The summed E-state index contributed by atoms with van der Waals surface area (Å²) in [6, 6.07) is 7.74. The quantitative estimate of drug-likeness (QED) is 0.321. The summed E-state index contributed by atoms with van der Waals surface area (Å²) in [4.78, 5) is 21.5. The van der Waals surface area contributed by atoms with Crippen LogP contribution in [0.5, 0.6) is 6.01 Å². The zero-order chi connectivity index (χ0) is 32.9. The third-order valence-electron chi connectivity index (χ3n) is 11.4. The molecule has 2 aliphatic heterocycles. The van der Waals surface area contributed by atoms with Crippen molar-refractivity contribution in [1.29, 1.82) is 5.26 Å². The maximum absolute atomic E-state index is 15.4. The highest BCUT2D eigenvalue weighted by Crippen LogP contribution is 2.50. The number of nitrogens with two attached hydrogens (primary N) is 2. The average molecular weight is 640 g/mol. The predicted octanol–water partition coefficient (Wildman–Crippen LogP) is 5.11. The Morgan fingerprint density at radius 1 is 1.13 bits per heavy atom. The number of pyridine rings is 1. The molecule has 1 aromatic carbocycles. The summed E-state index contributed by atoms with van der Waals surface area (Å²) in [5.41, 5.74) is 16.7. The number of fused-ring (bicyclic) bond motifs is 3. The smallest absolute Gasteiger partial charge is 0.318 e. The van der Waals surface area contributed by atoms with Crippen molar-refractivity contribution in [2.24, 2.45) is 5.41 Å². The lowest BCUT2D eigenvalue weighted by molar-refractivity contribution is 0.0711. The van der Waals surface area contributed by atoms with Gasteiger partial charge in [0.1, 0.15) is 23.5 Å². The van der Waals surface area contributed by atoms with Crippen LogP contribution in [0.15, 0.2) is 24.4 Å². The minimum atomic E-state index is -0.630. The highest BCUT2D eigenvalue weighted by molar-refractivity contribution is 5.64. The molecule has 0 bridgehead atoms. The van der Waals surface area contributed by atoms with Gasteiger partial charge < -0.3 is 26.0 Å². The van der Waals surface area contributed by atoms with Crippen LogP contribution < -0.4 is 21.1 Å². The van der Waals surface area contributed by atoms with Crippen LogP contribution in [0.2, 0.25) is 0 Å². The lowest BCUT2D eigenvalue weighted by Crippen LogP contribution is -2.51. The molecule has 0 amide bonds. The van der Waals surface area contributed by atoms with Gasteiger partial charge in [-0.2, -0.15) is 15.2 Å². The van der Waals surface area contributed by atoms with E-state index in [0.717, 1.165) is 68.0 Å². The number of hydrogen-bond acceptors (Lipinski definition) is 10. The van der Waals surface area contributed by atoms with E-state index in [2.05, 4.69) is 39.7 Å². The number of halogens is 1. The van der Waals surface area contributed by atoms with E-state index in [4.69, 9.17) is 26.2 Å². The third kappa shape index (κ3) is 5.65. The fourth-order valence-corrected chi connectivity index (χ4v) is 8.30. The number of anilines is 3. The summed E-state index contributed by atoms with van der Waals surface area (Å²) in [5.74, 6) is 0.921. The fraction of sp³-hybridized carbons (Fsp3) is 0.556. The number of benzene rings is 1. The van der Waals surface area contributed by atoms with Gasteiger partial charge in [-0.25, -0.2) is 9.37 Å². The molecule has 1 saturated carbocycles. The molecule has 248 valence electrons. The van der Waals surface area contributed by atoms with E-state index in [1.165, 1.54) is 25.3 Å². The number of hydrogen-bond donors (Lipinski definition) is 2. The van der Waals surface area contributed by atoms with Crippen LogP contribution in [-0.2, 0) is 24.9 Å². The second kappa shape index (κ2) is 12.2. The molecule has 10 nitrogen and oxygen atoms in total. The van der Waals surface area contributed by atoms with E-state index in [1.807, 2.05) is 19.2 Å². The Hall–Kier alpha value is -4.01. The number of nitrogen functional groups attached to an aromatic ring is 2. The molecule has 11 heteroatoms. The van der Waals surface area contributed by atoms with Crippen LogP contribution in [0.25, 0.3) is 0 Å². The van der Waals surface area contributed by atoms with E-state index in [1.54, 1.807) is 6.20 Å². The van der Waals surface area contributed by atoms with Gasteiger partial charge in [-0.1, -0.05) is 12.5 Å². The van der Waals surface area contributed by atoms with Crippen molar-refractivity contribution in [2.75, 3.05) is 56.7 Å². The predicted molar refractivity (Wildman–Crippen MR) is 180 cm³/mol. The number of piperidine rings is 1. The first-order valence-electron chi connectivity index (χ1n) is 17.1. The molecular formula is C36H46FN9O. The number of nitrogens with zero attached hydrogens (tertiary/aromatic N) is 7. The Labute approximate surface area is 276 Å². The van der Waals surface area contributed by atoms with Gasteiger partial charge in [0.25, 0.3) is 0 Å². The molecule has 47 heavy (non-hydrogen) atoms. The van der Waals surface area contributed by atoms with Gasteiger partial charge in [-0.05, 0) is 95.3 Å². The summed E-state index contributed by atoms with van der Waals surface area (Å²) >= 11 is 0. The van der Waals surface area contributed by atoms with Crippen molar-refractivity contribution < 1.29 is 9.13 Å². The first-order chi connectivity index (χ1) is 22.6. The van der Waals surface area contributed by atoms with Gasteiger partial charge >= 0.3 is 6.01 Å². The van der Waals surface area contributed by atoms with Crippen LogP contribution in [0.3, 0.4) is 0 Å². The highest BCUT2D eigenvalue weighted by Gasteiger charge is 2.48. The van der Waals surface area contributed by atoms with Crippen LogP contribution in [0.4, 0.5) is 21.7 Å². The summed E-state index contributed by atoms with van der Waals surface area (Å²) in [5, 5.41) is 10.2. The molecule has 4 heterocycles. The second-order valence-electron chi connectivity index (χ2n) is 14.4. The number of ether oxygens (including phenoxy) is 1. The van der Waals surface area contributed by atoms with Gasteiger partial charge in [0, 0.05) is 49.3 Å². The molecule has 2 fully saturated rings. The zero-order valence-electron chi connectivity index (χ0n) is 27.9. The van der Waals surface area contributed by atoms with Crippen molar-refractivity contribution in [3.63, 3.8) is 0 Å². The van der Waals surface area contributed by atoms with Gasteiger partial charge in [0.15, 0.2) is 0 Å². The monoisotopic (exact) mass is 639 g/mol. The fourth-order valence-electron chi connectivity index (χ4n) is 8.30. The van der Waals surface area contributed by atoms with Gasteiger partial charge in [-0.3, -0.25) is 4.90 Å². The number of likely N-dealkylation sites (tertiary alicyclic amines) is 1. The molecule has 3 aromatic rings. The minimum Gasteiger partial charge on any atom is -0.463 e. The Morgan fingerprint density at radius 2 is 1.91 bits per heavy atom.